The number of H-pyrrole nitrogens is 1. The van der Waals surface area contributed by atoms with Crippen LogP contribution in [0.5, 0.6) is 5.75 Å². The lowest BCUT2D eigenvalue weighted by Gasteiger charge is -2.22. The van der Waals surface area contributed by atoms with Gasteiger partial charge >= 0.3 is 0 Å². The molecular formula is C23H31N3O3. The van der Waals surface area contributed by atoms with Crippen LogP contribution in [0.1, 0.15) is 56.9 Å². The van der Waals surface area contributed by atoms with Crippen LogP contribution in [0.2, 0.25) is 0 Å². The summed E-state index contributed by atoms with van der Waals surface area (Å²) in [5.74, 6) is 2.95. The topological polar surface area (TPSA) is 83.2 Å². The lowest BCUT2D eigenvalue weighted by Crippen LogP contribution is -2.50. The van der Waals surface area contributed by atoms with Crippen molar-refractivity contribution in [2.75, 3.05) is 7.11 Å². The minimum Gasteiger partial charge on any atom is -0.496 e. The van der Waals surface area contributed by atoms with Crippen LogP contribution < -0.4 is 15.4 Å². The van der Waals surface area contributed by atoms with Crippen LogP contribution in [0.4, 0.5) is 0 Å². The SMILES string of the molecule is C#C[C@H](CCCC)NC(=O)[C@H](CC(C)C)NC(=O)c1cc2c(OC)cccc2[nH]1. The first-order chi connectivity index (χ1) is 13.9. The number of hydrogen-bond acceptors (Lipinski definition) is 3. The van der Waals surface area contributed by atoms with Crippen LogP contribution in [0.25, 0.3) is 10.9 Å². The van der Waals surface area contributed by atoms with E-state index in [0.717, 1.165) is 30.2 Å². The van der Waals surface area contributed by atoms with Crippen molar-refractivity contribution in [2.24, 2.45) is 5.92 Å². The molecule has 0 bridgehead atoms. The fourth-order valence-electron chi connectivity index (χ4n) is 3.24. The zero-order valence-corrected chi connectivity index (χ0v) is 17.7. The minimum absolute atomic E-state index is 0.230. The maximum Gasteiger partial charge on any atom is 0.268 e. The number of benzene rings is 1. The van der Waals surface area contributed by atoms with Crippen molar-refractivity contribution >= 4 is 22.7 Å². The summed E-state index contributed by atoms with van der Waals surface area (Å²) in [5.41, 5.74) is 1.18. The molecule has 0 aliphatic carbocycles. The standard InChI is InChI=1S/C23H31N3O3/c1-6-8-10-16(7-2)24-22(27)19(13-15(3)4)26-23(28)20-14-17-18(25-20)11-9-12-21(17)29-5/h2,9,11-12,14-16,19,25H,6,8,10,13H2,1,3-5H3,(H,24,27)(H,26,28)/t16-,19+/m1/s1. The van der Waals surface area contributed by atoms with Crippen LogP contribution in [-0.4, -0.2) is 36.0 Å². The van der Waals surface area contributed by atoms with Gasteiger partial charge in [0.25, 0.3) is 5.91 Å². The van der Waals surface area contributed by atoms with E-state index in [4.69, 9.17) is 11.2 Å². The van der Waals surface area contributed by atoms with Gasteiger partial charge in [0, 0.05) is 10.9 Å². The molecule has 0 spiro atoms. The highest BCUT2D eigenvalue weighted by Gasteiger charge is 2.25. The number of nitrogens with one attached hydrogen (secondary N) is 3. The Labute approximate surface area is 172 Å². The zero-order chi connectivity index (χ0) is 21.4. The molecule has 156 valence electrons. The Hall–Kier alpha value is -2.94. The van der Waals surface area contributed by atoms with Gasteiger partial charge in [-0.05, 0) is 37.0 Å². The van der Waals surface area contributed by atoms with E-state index < -0.39 is 6.04 Å². The number of unbranched alkanes of at least 4 members (excludes halogenated alkanes) is 1. The van der Waals surface area contributed by atoms with Gasteiger partial charge in [0.15, 0.2) is 0 Å². The number of ether oxygens (including phenoxy) is 1. The average Bonchev–Trinajstić information content (AvgIpc) is 3.14. The van der Waals surface area contributed by atoms with Crippen molar-refractivity contribution in [1.82, 2.24) is 15.6 Å². The van der Waals surface area contributed by atoms with Crippen LogP contribution in [0, 0.1) is 18.3 Å². The molecular weight excluding hydrogens is 366 g/mol. The van der Waals surface area contributed by atoms with E-state index in [1.54, 1.807) is 13.2 Å². The number of carbonyl (C=O) groups is 2. The third kappa shape index (κ3) is 6.02. The van der Waals surface area contributed by atoms with E-state index in [1.165, 1.54) is 0 Å². The summed E-state index contributed by atoms with van der Waals surface area (Å²) in [4.78, 5) is 28.7. The van der Waals surface area contributed by atoms with Gasteiger partial charge in [0.05, 0.1) is 13.2 Å². The molecule has 1 heterocycles. The number of rotatable bonds is 10. The Bertz CT molecular complexity index is 879. The third-order valence-electron chi connectivity index (χ3n) is 4.78. The summed E-state index contributed by atoms with van der Waals surface area (Å²) in [6.07, 6.45) is 8.74. The van der Waals surface area contributed by atoms with Crippen molar-refractivity contribution in [3.8, 4) is 18.1 Å². The molecule has 2 amide bonds. The van der Waals surface area contributed by atoms with Gasteiger partial charge in [-0.3, -0.25) is 9.59 Å². The molecule has 6 nitrogen and oxygen atoms in total. The molecule has 0 aliphatic rings. The Balaban J connectivity index is 2.15. The van der Waals surface area contributed by atoms with Crippen LogP contribution in [0.3, 0.4) is 0 Å². The first-order valence-corrected chi connectivity index (χ1v) is 10.1. The molecule has 1 aromatic heterocycles. The van der Waals surface area contributed by atoms with Crippen molar-refractivity contribution in [2.45, 2.75) is 58.5 Å². The van der Waals surface area contributed by atoms with Crippen LogP contribution in [0.15, 0.2) is 24.3 Å². The number of amides is 2. The van der Waals surface area contributed by atoms with E-state index in [2.05, 4.69) is 28.5 Å². The molecule has 0 radical (unpaired) electrons. The smallest absolute Gasteiger partial charge is 0.268 e. The second kappa shape index (κ2) is 10.6. The number of carbonyl (C=O) groups excluding carboxylic acids is 2. The summed E-state index contributed by atoms with van der Waals surface area (Å²) >= 11 is 0. The highest BCUT2D eigenvalue weighted by Crippen LogP contribution is 2.26. The first-order valence-electron chi connectivity index (χ1n) is 10.1. The lowest BCUT2D eigenvalue weighted by atomic mass is 10.0. The largest absolute Gasteiger partial charge is 0.496 e. The van der Waals surface area contributed by atoms with E-state index in [9.17, 15) is 9.59 Å². The Morgan fingerprint density at radius 3 is 2.66 bits per heavy atom. The molecule has 2 rings (SSSR count). The summed E-state index contributed by atoms with van der Waals surface area (Å²) in [6.45, 7) is 6.10. The number of aromatic amines is 1. The van der Waals surface area contributed by atoms with Gasteiger partial charge in [0.2, 0.25) is 5.91 Å². The summed E-state index contributed by atoms with van der Waals surface area (Å²) in [6, 6.07) is 6.31. The van der Waals surface area contributed by atoms with E-state index >= 15 is 0 Å². The Kier molecular flexibility index (Phi) is 8.14. The number of aromatic nitrogens is 1. The highest BCUT2D eigenvalue weighted by atomic mass is 16.5. The van der Waals surface area contributed by atoms with Gasteiger partial charge in [-0.25, -0.2) is 0 Å². The third-order valence-corrected chi connectivity index (χ3v) is 4.78. The second-order valence-corrected chi connectivity index (χ2v) is 7.63. The van der Waals surface area contributed by atoms with Crippen molar-refractivity contribution in [3.63, 3.8) is 0 Å². The monoisotopic (exact) mass is 397 g/mol. The Morgan fingerprint density at radius 1 is 1.28 bits per heavy atom. The maximum absolute atomic E-state index is 12.8. The van der Waals surface area contributed by atoms with Gasteiger partial charge < -0.3 is 20.4 Å². The van der Waals surface area contributed by atoms with Crippen LogP contribution in [-0.2, 0) is 4.79 Å². The molecule has 0 unspecified atom stereocenters. The van der Waals surface area contributed by atoms with Crippen molar-refractivity contribution in [1.29, 1.82) is 0 Å². The number of fused-ring (bicyclic) bond motifs is 1. The Morgan fingerprint density at radius 2 is 2.03 bits per heavy atom. The maximum atomic E-state index is 12.8. The van der Waals surface area contributed by atoms with E-state index in [0.29, 0.717) is 17.9 Å². The average molecular weight is 398 g/mol. The van der Waals surface area contributed by atoms with Gasteiger partial charge in [-0.1, -0.05) is 45.6 Å². The number of methoxy groups -OCH3 is 1. The summed E-state index contributed by atoms with van der Waals surface area (Å²) in [5, 5.41) is 6.56. The molecule has 0 aliphatic heterocycles. The molecule has 1 aromatic carbocycles. The second-order valence-electron chi connectivity index (χ2n) is 7.63. The predicted octanol–water partition coefficient (Wildman–Crippen LogP) is 3.63. The predicted molar refractivity (Wildman–Crippen MR) is 116 cm³/mol. The van der Waals surface area contributed by atoms with Gasteiger partial charge in [-0.15, -0.1) is 6.42 Å². The fraction of sp³-hybridized carbons (Fsp3) is 0.478. The summed E-state index contributed by atoms with van der Waals surface area (Å²) < 4.78 is 5.35. The first kappa shape index (κ1) is 22.4. The summed E-state index contributed by atoms with van der Waals surface area (Å²) in [7, 11) is 1.59. The molecule has 6 heteroatoms. The van der Waals surface area contributed by atoms with Crippen molar-refractivity contribution < 1.29 is 14.3 Å². The van der Waals surface area contributed by atoms with Crippen molar-refractivity contribution in [3.05, 3.63) is 30.0 Å². The van der Waals surface area contributed by atoms with E-state index in [-0.39, 0.29) is 23.8 Å². The number of hydrogen-bond donors (Lipinski definition) is 3. The van der Waals surface area contributed by atoms with Gasteiger partial charge in [-0.2, -0.15) is 0 Å². The molecule has 2 aromatic rings. The fourth-order valence-corrected chi connectivity index (χ4v) is 3.24. The molecule has 3 N–H and O–H groups in total. The molecule has 2 atom stereocenters. The minimum atomic E-state index is -0.659. The normalized spacial score (nSPS) is 13.0. The highest BCUT2D eigenvalue weighted by molar-refractivity contribution is 6.01. The quantitative estimate of drug-likeness (QED) is 0.535. The molecule has 0 saturated heterocycles. The molecule has 0 fully saturated rings. The van der Waals surface area contributed by atoms with Gasteiger partial charge in [0.1, 0.15) is 17.5 Å². The number of terminal acetylenes is 1. The van der Waals surface area contributed by atoms with Crippen LogP contribution >= 0.6 is 0 Å². The van der Waals surface area contributed by atoms with E-state index in [1.807, 2.05) is 32.0 Å². The zero-order valence-electron chi connectivity index (χ0n) is 17.7. The molecule has 29 heavy (non-hydrogen) atoms. The lowest BCUT2D eigenvalue weighted by molar-refractivity contribution is -0.123. The molecule has 0 saturated carbocycles.